The number of anilines is 1. The summed E-state index contributed by atoms with van der Waals surface area (Å²) in [5, 5.41) is 15.5. The van der Waals surface area contributed by atoms with E-state index in [2.05, 4.69) is 30.5 Å². The topological polar surface area (TPSA) is 93.2 Å². The summed E-state index contributed by atoms with van der Waals surface area (Å²) in [4.78, 5) is 19.2. The summed E-state index contributed by atoms with van der Waals surface area (Å²) in [6, 6.07) is 0.0662. The van der Waals surface area contributed by atoms with Gasteiger partial charge in [0.1, 0.15) is 6.33 Å². The van der Waals surface area contributed by atoms with Crippen molar-refractivity contribution in [2.24, 2.45) is 7.05 Å². The lowest BCUT2D eigenvalue weighted by atomic mass is 10.1. The van der Waals surface area contributed by atoms with Gasteiger partial charge >= 0.3 is 0 Å². The predicted octanol–water partition coefficient (Wildman–Crippen LogP) is 0.483. The number of nitrogens with zero attached hydrogens (tertiary/aromatic N) is 7. The molecule has 0 radical (unpaired) electrons. The summed E-state index contributed by atoms with van der Waals surface area (Å²) in [6.45, 7) is 5.28. The predicted molar refractivity (Wildman–Crippen MR) is 91.5 cm³/mol. The van der Waals surface area contributed by atoms with E-state index in [-0.39, 0.29) is 11.9 Å². The Balaban J connectivity index is 1.49. The number of aromatic nitrogens is 6. The molecule has 1 aliphatic heterocycles. The van der Waals surface area contributed by atoms with Crippen LogP contribution in [0.4, 0.5) is 5.82 Å². The van der Waals surface area contributed by atoms with Crippen molar-refractivity contribution in [3.63, 3.8) is 0 Å². The molecule has 1 saturated heterocycles. The van der Waals surface area contributed by atoms with Crippen LogP contribution in [0.25, 0.3) is 5.65 Å². The van der Waals surface area contributed by atoms with Gasteiger partial charge < -0.3 is 10.2 Å². The summed E-state index contributed by atoms with van der Waals surface area (Å²) >= 11 is 0. The summed E-state index contributed by atoms with van der Waals surface area (Å²) < 4.78 is 3.58. The molecule has 3 aromatic rings. The molecular weight excluding hydrogens is 320 g/mol. The van der Waals surface area contributed by atoms with Gasteiger partial charge in [-0.1, -0.05) is 0 Å². The van der Waals surface area contributed by atoms with E-state index >= 15 is 0 Å². The SMILES string of the molecule is Cc1nn(C)c(C)c1C(=O)N[C@H]1CCN(c2nccn3cnnc23)C1. The van der Waals surface area contributed by atoms with Crippen LogP contribution in [-0.4, -0.2) is 54.4 Å². The lowest BCUT2D eigenvalue weighted by Gasteiger charge is -2.18. The highest BCUT2D eigenvalue weighted by molar-refractivity contribution is 5.96. The Bertz CT molecular complexity index is 943. The molecule has 1 fully saturated rings. The van der Waals surface area contributed by atoms with Crippen molar-refractivity contribution in [3.8, 4) is 0 Å². The number of hydrogen-bond acceptors (Lipinski definition) is 6. The van der Waals surface area contributed by atoms with Gasteiger partial charge in [0.2, 0.25) is 5.65 Å². The first-order valence-corrected chi connectivity index (χ1v) is 8.25. The summed E-state index contributed by atoms with van der Waals surface area (Å²) in [5.74, 6) is 0.731. The van der Waals surface area contributed by atoms with E-state index in [4.69, 9.17) is 0 Å². The number of nitrogens with one attached hydrogen (secondary N) is 1. The molecule has 9 nitrogen and oxygen atoms in total. The molecular formula is C16H20N8O. The zero-order chi connectivity index (χ0) is 17.6. The minimum Gasteiger partial charge on any atom is -0.351 e. The molecule has 0 aliphatic carbocycles. The van der Waals surface area contributed by atoms with Crippen LogP contribution in [0.2, 0.25) is 0 Å². The van der Waals surface area contributed by atoms with Crippen molar-refractivity contribution < 1.29 is 4.79 Å². The maximum Gasteiger partial charge on any atom is 0.255 e. The quantitative estimate of drug-likeness (QED) is 0.746. The second-order valence-electron chi connectivity index (χ2n) is 6.39. The van der Waals surface area contributed by atoms with Gasteiger partial charge in [0, 0.05) is 44.3 Å². The van der Waals surface area contributed by atoms with Crippen LogP contribution < -0.4 is 10.2 Å². The van der Waals surface area contributed by atoms with Crippen LogP contribution in [0, 0.1) is 13.8 Å². The van der Waals surface area contributed by atoms with Crippen LogP contribution in [0.1, 0.15) is 28.2 Å². The van der Waals surface area contributed by atoms with Gasteiger partial charge in [-0.15, -0.1) is 10.2 Å². The Morgan fingerprint density at radius 3 is 2.96 bits per heavy atom. The number of fused-ring (bicyclic) bond motifs is 1. The Kier molecular flexibility index (Phi) is 3.63. The van der Waals surface area contributed by atoms with E-state index in [1.807, 2.05) is 31.5 Å². The first kappa shape index (κ1) is 15.6. The third-order valence-electron chi connectivity index (χ3n) is 4.76. The second kappa shape index (κ2) is 5.83. The van der Waals surface area contributed by atoms with Crippen molar-refractivity contribution in [3.05, 3.63) is 35.7 Å². The molecule has 25 heavy (non-hydrogen) atoms. The highest BCUT2D eigenvalue weighted by atomic mass is 16.1. The maximum atomic E-state index is 12.6. The summed E-state index contributed by atoms with van der Waals surface area (Å²) in [5.41, 5.74) is 3.02. The molecule has 0 unspecified atom stereocenters. The van der Waals surface area contributed by atoms with Gasteiger partial charge in [-0.2, -0.15) is 5.10 Å². The lowest BCUT2D eigenvalue weighted by Crippen LogP contribution is -2.37. The molecule has 1 amide bonds. The van der Waals surface area contributed by atoms with Gasteiger partial charge in [-0.25, -0.2) is 4.98 Å². The van der Waals surface area contributed by atoms with Gasteiger partial charge in [0.15, 0.2) is 5.82 Å². The standard InChI is InChI=1S/C16H20N8O/c1-10-13(11(2)22(3)21-10)16(25)19-12-4-6-23(8-12)14-15-20-18-9-24(15)7-5-17-14/h5,7,9,12H,4,6,8H2,1-3H3,(H,19,25)/t12-/m0/s1. The molecule has 4 heterocycles. The van der Waals surface area contributed by atoms with E-state index in [1.165, 1.54) is 0 Å². The molecule has 1 atom stereocenters. The number of aryl methyl sites for hydroxylation is 2. The van der Waals surface area contributed by atoms with Gasteiger partial charge in [-0.3, -0.25) is 13.9 Å². The van der Waals surface area contributed by atoms with Crippen molar-refractivity contribution >= 4 is 17.4 Å². The number of carbonyl (C=O) groups excluding carboxylic acids is 1. The smallest absolute Gasteiger partial charge is 0.255 e. The molecule has 4 rings (SSSR count). The molecule has 1 aliphatic rings. The zero-order valence-electron chi connectivity index (χ0n) is 14.5. The Morgan fingerprint density at radius 2 is 2.20 bits per heavy atom. The van der Waals surface area contributed by atoms with Crippen molar-refractivity contribution in [2.45, 2.75) is 26.3 Å². The van der Waals surface area contributed by atoms with E-state index in [0.29, 0.717) is 12.1 Å². The molecule has 0 spiro atoms. The Labute approximate surface area is 144 Å². The van der Waals surface area contributed by atoms with Gasteiger partial charge in [0.25, 0.3) is 5.91 Å². The molecule has 1 N–H and O–H groups in total. The molecule has 0 saturated carbocycles. The summed E-state index contributed by atoms with van der Waals surface area (Å²) in [6.07, 6.45) is 6.08. The summed E-state index contributed by atoms with van der Waals surface area (Å²) in [7, 11) is 1.85. The number of carbonyl (C=O) groups is 1. The lowest BCUT2D eigenvalue weighted by molar-refractivity contribution is 0.0939. The Hall–Kier alpha value is -2.97. The fourth-order valence-corrected chi connectivity index (χ4v) is 3.40. The number of amides is 1. The molecule has 0 aromatic carbocycles. The van der Waals surface area contributed by atoms with Crippen molar-refractivity contribution in [1.29, 1.82) is 0 Å². The largest absolute Gasteiger partial charge is 0.351 e. The van der Waals surface area contributed by atoms with Crippen molar-refractivity contribution in [2.75, 3.05) is 18.0 Å². The molecule has 130 valence electrons. The minimum atomic E-state index is -0.0661. The van der Waals surface area contributed by atoms with E-state index < -0.39 is 0 Å². The highest BCUT2D eigenvalue weighted by Crippen LogP contribution is 2.22. The number of rotatable bonds is 3. The van der Waals surface area contributed by atoms with Crippen molar-refractivity contribution in [1.82, 2.24) is 34.7 Å². The van der Waals surface area contributed by atoms with E-state index in [1.54, 1.807) is 17.2 Å². The van der Waals surface area contributed by atoms with Crippen LogP contribution in [-0.2, 0) is 7.05 Å². The first-order valence-electron chi connectivity index (χ1n) is 8.25. The minimum absolute atomic E-state index is 0.0661. The first-order chi connectivity index (χ1) is 12.0. The third kappa shape index (κ3) is 2.61. The Morgan fingerprint density at radius 1 is 1.36 bits per heavy atom. The monoisotopic (exact) mass is 340 g/mol. The highest BCUT2D eigenvalue weighted by Gasteiger charge is 2.28. The van der Waals surface area contributed by atoms with Crippen LogP contribution in [0.3, 0.4) is 0 Å². The van der Waals surface area contributed by atoms with E-state index in [9.17, 15) is 4.79 Å². The molecule has 9 heteroatoms. The van der Waals surface area contributed by atoms with Crippen LogP contribution in [0.15, 0.2) is 18.7 Å². The third-order valence-corrected chi connectivity index (χ3v) is 4.76. The average Bonchev–Trinajstić information content (AvgIpc) is 3.27. The van der Waals surface area contributed by atoms with Crippen LogP contribution in [0.5, 0.6) is 0 Å². The maximum absolute atomic E-state index is 12.6. The van der Waals surface area contributed by atoms with Crippen LogP contribution >= 0.6 is 0 Å². The second-order valence-corrected chi connectivity index (χ2v) is 6.39. The molecule has 0 bridgehead atoms. The van der Waals surface area contributed by atoms with E-state index in [0.717, 1.165) is 35.8 Å². The van der Waals surface area contributed by atoms with Gasteiger partial charge in [-0.05, 0) is 20.3 Å². The van der Waals surface area contributed by atoms with Gasteiger partial charge in [0.05, 0.1) is 11.3 Å². The molecule has 3 aromatic heterocycles. The number of hydrogen-bond donors (Lipinski definition) is 1. The fraction of sp³-hybridized carbons (Fsp3) is 0.438. The zero-order valence-corrected chi connectivity index (χ0v) is 14.5. The normalized spacial score (nSPS) is 17.4. The fourth-order valence-electron chi connectivity index (χ4n) is 3.40. The average molecular weight is 340 g/mol.